The highest BCUT2D eigenvalue weighted by Crippen LogP contribution is 2.23. The first-order chi connectivity index (χ1) is 9.11. The predicted octanol–water partition coefficient (Wildman–Crippen LogP) is 2.66. The molecule has 1 fully saturated rings. The van der Waals surface area contributed by atoms with Gasteiger partial charge in [-0.3, -0.25) is 4.79 Å². The molecule has 0 radical (unpaired) electrons. The maximum Gasteiger partial charge on any atom is 0.255 e. The topological polar surface area (TPSA) is 32.3 Å². The lowest BCUT2D eigenvalue weighted by Crippen LogP contribution is -2.42. The zero-order valence-electron chi connectivity index (χ0n) is 11.0. The van der Waals surface area contributed by atoms with E-state index in [1.807, 2.05) is 11.9 Å². The number of hydrogen-bond donors (Lipinski definition) is 1. The summed E-state index contributed by atoms with van der Waals surface area (Å²) in [4.78, 5) is 14.3. The van der Waals surface area contributed by atoms with E-state index >= 15 is 0 Å². The van der Waals surface area contributed by atoms with Crippen LogP contribution in [-0.4, -0.2) is 37.5 Å². The number of piperidine rings is 1. The van der Waals surface area contributed by atoms with Gasteiger partial charge in [0, 0.05) is 17.6 Å². The molecule has 104 valence electrons. The zero-order valence-corrected chi connectivity index (χ0v) is 12.5. The van der Waals surface area contributed by atoms with Crippen LogP contribution in [0.25, 0.3) is 0 Å². The van der Waals surface area contributed by atoms with Crippen molar-refractivity contribution in [3.05, 3.63) is 34.1 Å². The number of likely N-dealkylation sites (tertiary alicyclic amines) is 1. The Labute approximate surface area is 121 Å². The van der Waals surface area contributed by atoms with Crippen molar-refractivity contribution >= 4 is 21.8 Å². The van der Waals surface area contributed by atoms with Crippen molar-refractivity contribution in [2.75, 3.05) is 26.7 Å². The first-order valence-electron chi connectivity index (χ1n) is 6.50. The Hall–Kier alpha value is -0.940. The lowest BCUT2D eigenvalue weighted by Gasteiger charge is -2.33. The molecular formula is C14H18BrFN2O. The predicted molar refractivity (Wildman–Crippen MR) is 76.7 cm³/mol. The number of hydrogen-bond acceptors (Lipinski definition) is 2. The molecular weight excluding hydrogens is 311 g/mol. The first kappa shape index (κ1) is 14.5. The van der Waals surface area contributed by atoms with Crippen LogP contribution in [0.2, 0.25) is 0 Å². The SMILES string of the molecule is CNC[C@@H]1CCCN(C(=O)c2cc(F)ccc2Br)C1. The number of nitrogens with zero attached hydrogens (tertiary/aromatic N) is 1. The van der Waals surface area contributed by atoms with Crippen molar-refractivity contribution in [1.29, 1.82) is 0 Å². The van der Waals surface area contributed by atoms with Gasteiger partial charge in [0.1, 0.15) is 5.82 Å². The van der Waals surface area contributed by atoms with Gasteiger partial charge in [0.05, 0.1) is 5.56 Å². The van der Waals surface area contributed by atoms with Crippen molar-refractivity contribution in [3.63, 3.8) is 0 Å². The third-order valence-corrected chi connectivity index (χ3v) is 4.15. The standard InChI is InChI=1S/C14H18BrFN2O/c1-17-8-10-3-2-6-18(9-10)14(19)12-7-11(16)4-5-13(12)15/h4-5,7,10,17H,2-3,6,8-9H2,1H3/t10-/m0/s1. The van der Waals surface area contributed by atoms with Gasteiger partial charge in [-0.05, 0) is 66.5 Å². The third kappa shape index (κ3) is 3.54. The molecule has 0 unspecified atom stereocenters. The molecule has 1 amide bonds. The normalized spacial score (nSPS) is 19.5. The molecule has 1 saturated heterocycles. The van der Waals surface area contributed by atoms with Crippen LogP contribution in [0.1, 0.15) is 23.2 Å². The molecule has 1 aliphatic heterocycles. The largest absolute Gasteiger partial charge is 0.338 e. The van der Waals surface area contributed by atoms with Crippen LogP contribution in [0.3, 0.4) is 0 Å². The van der Waals surface area contributed by atoms with Crippen molar-refractivity contribution in [1.82, 2.24) is 10.2 Å². The summed E-state index contributed by atoms with van der Waals surface area (Å²) in [5.41, 5.74) is 0.408. The minimum atomic E-state index is -0.379. The second-order valence-corrected chi connectivity index (χ2v) is 5.80. The van der Waals surface area contributed by atoms with E-state index in [-0.39, 0.29) is 11.7 Å². The molecule has 1 heterocycles. The first-order valence-corrected chi connectivity index (χ1v) is 7.30. The Balaban J connectivity index is 2.12. The number of amides is 1. The number of carbonyl (C=O) groups is 1. The molecule has 5 heteroatoms. The number of rotatable bonds is 3. The molecule has 0 aliphatic carbocycles. The Morgan fingerprint density at radius 1 is 1.58 bits per heavy atom. The molecule has 3 nitrogen and oxygen atoms in total. The smallest absolute Gasteiger partial charge is 0.255 e. The molecule has 0 aromatic heterocycles. The van der Waals surface area contributed by atoms with E-state index in [2.05, 4.69) is 21.2 Å². The molecule has 1 atom stereocenters. The van der Waals surface area contributed by atoms with Crippen molar-refractivity contribution < 1.29 is 9.18 Å². The fraction of sp³-hybridized carbons (Fsp3) is 0.500. The van der Waals surface area contributed by atoms with E-state index in [9.17, 15) is 9.18 Å². The molecule has 1 N–H and O–H groups in total. The maximum absolute atomic E-state index is 13.3. The van der Waals surface area contributed by atoms with Gasteiger partial charge in [0.15, 0.2) is 0 Å². The van der Waals surface area contributed by atoms with Crippen LogP contribution in [0.5, 0.6) is 0 Å². The van der Waals surface area contributed by atoms with Gasteiger partial charge in [-0.2, -0.15) is 0 Å². The average Bonchev–Trinajstić information content (AvgIpc) is 2.41. The highest BCUT2D eigenvalue weighted by atomic mass is 79.9. The van der Waals surface area contributed by atoms with E-state index in [0.29, 0.717) is 16.0 Å². The molecule has 1 aliphatic rings. The van der Waals surface area contributed by atoms with Crippen LogP contribution in [-0.2, 0) is 0 Å². The second-order valence-electron chi connectivity index (χ2n) is 4.94. The number of benzene rings is 1. The second kappa shape index (κ2) is 6.48. The summed E-state index contributed by atoms with van der Waals surface area (Å²) in [6.45, 7) is 2.40. The summed E-state index contributed by atoms with van der Waals surface area (Å²) in [6.07, 6.45) is 2.14. The fourth-order valence-electron chi connectivity index (χ4n) is 2.54. The minimum absolute atomic E-state index is 0.0906. The van der Waals surface area contributed by atoms with Crippen molar-refractivity contribution in [3.8, 4) is 0 Å². The van der Waals surface area contributed by atoms with Gasteiger partial charge in [-0.1, -0.05) is 0 Å². The van der Waals surface area contributed by atoms with Crippen LogP contribution >= 0.6 is 15.9 Å². The monoisotopic (exact) mass is 328 g/mol. The third-order valence-electron chi connectivity index (χ3n) is 3.46. The molecule has 0 bridgehead atoms. The molecule has 0 spiro atoms. The van der Waals surface area contributed by atoms with Gasteiger partial charge in [0.2, 0.25) is 0 Å². The van der Waals surface area contributed by atoms with E-state index < -0.39 is 0 Å². The van der Waals surface area contributed by atoms with Crippen molar-refractivity contribution in [2.45, 2.75) is 12.8 Å². The van der Waals surface area contributed by atoms with Gasteiger partial charge in [-0.15, -0.1) is 0 Å². The zero-order chi connectivity index (χ0) is 13.8. The molecule has 1 aromatic rings. The van der Waals surface area contributed by atoms with Crippen LogP contribution in [0, 0.1) is 11.7 Å². The quantitative estimate of drug-likeness (QED) is 0.925. The fourth-order valence-corrected chi connectivity index (χ4v) is 2.95. The summed E-state index contributed by atoms with van der Waals surface area (Å²) in [7, 11) is 1.92. The number of carbonyl (C=O) groups excluding carboxylic acids is 1. The van der Waals surface area contributed by atoms with E-state index in [1.54, 1.807) is 6.07 Å². The minimum Gasteiger partial charge on any atom is -0.338 e. The van der Waals surface area contributed by atoms with Crippen LogP contribution in [0.4, 0.5) is 4.39 Å². The van der Waals surface area contributed by atoms with Crippen LogP contribution in [0.15, 0.2) is 22.7 Å². The summed E-state index contributed by atoms with van der Waals surface area (Å²) in [6, 6.07) is 4.23. The van der Waals surface area contributed by atoms with Crippen LogP contribution < -0.4 is 5.32 Å². The van der Waals surface area contributed by atoms with Gasteiger partial charge in [-0.25, -0.2) is 4.39 Å². The molecule has 0 saturated carbocycles. The van der Waals surface area contributed by atoms with Gasteiger partial charge >= 0.3 is 0 Å². The average molecular weight is 329 g/mol. The van der Waals surface area contributed by atoms with E-state index in [0.717, 1.165) is 32.5 Å². The summed E-state index contributed by atoms with van der Waals surface area (Å²) in [5, 5.41) is 3.15. The Kier molecular flexibility index (Phi) is 4.93. The van der Waals surface area contributed by atoms with Gasteiger partial charge < -0.3 is 10.2 Å². The Morgan fingerprint density at radius 2 is 2.37 bits per heavy atom. The molecule has 2 rings (SSSR count). The molecule has 19 heavy (non-hydrogen) atoms. The van der Waals surface area contributed by atoms with Crippen molar-refractivity contribution in [2.24, 2.45) is 5.92 Å². The summed E-state index contributed by atoms with van der Waals surface area (Å²) in [5.74, 6) is 0.0116. The van der Waals surface area contributed by atoms with Gasteiger partial charge in [0.25, 0.3) is 5.91 Å². The lowest BCUT2D eigenvalue weighted by atomic mass is 9.97. The maximum atomic E-state index is 13.3. The summed E-state index contributed by atoms with van der Waals surface area (Å²) >= 11 is 3.32. The number of nitrogens with one attached hydrogen (secondary N) is 1. The Bertz CT molecular complexity index is 465. The highest BCUT2D eigenvalue weighted by molar-refractivity contribution is 9.10. The highest BCUT2D eigenvalue weighted by Gasteiger charge is 2.25. The Morgan fingerprint density at radius 3 is 3.11 bits per heavy atom. The van der Waals surface area contributed by atoms with E-state index in [4.69, 9.17) is 0 Å². The molecule has 1 aromatic carbocycles. The number of halogens is 2. The lowest BCUT2D eigenvalue weighted by molar-refractivity contribution is 0.0673. The van der Waals surface area contributed by atoms with E-state index in [1.165, 1.54) is 12.1 Å². The summed E-state index contributed by atoms with van der Waals surface area (Å²) < 4.78 is 13.9.